The Bertz CT molecular complexity index is 1610. The highest BCUT2D eigenvalue weighted by Crippen LogP contribution is 2.41. The molecule has 0 radical (unpaired) electrons. The van der Waals surface area contributed by atoms with Crippen LogP contribution in [0.25, 0.3) is 22.3 Å². The first kappa shape index (κ1) is 25.7. The van der Waals surface area contributed by atoms with Crippen LogP contribution in [-0.2, 0) is 6.42 Å². The molecule has 5 aromatic carbocycles. The number of nitrogens with zero attached hydrogens (tertiary/aromatic N) is 1. The number of anilines is 2. The lowest BCUT2D eigenvalue weighted by Gasteiger charge is -2.39. The molecule has 0 amide bonds. The molecule has 0 bridgehead atoms. The Morgan fingerprint density at radius 3 is 1.98 bits per heavy atom. The fourth-order valence-corrected chi connectivity index (χ4v) is 6.73. The van der Waals surface area contributed by atoms with E-state index < -0.39 is 0 Å². The Kier molecular flexibility index (Phi) is 7.07. The van der Waals surface area contributed by atoms with Gasteiger partial charge in [-0.2, -0.15) is 0 Å². The third kappa shape index (κ3) is 5.39. The van der Waals surface area contributed by atoms with Gasteiger partial charge in [-0.05, 0) is 108 Å². The Morgan fingerprint density at radius 1 is 0.585 bits per heavy atom. The smallest absolute Gasteiger partial charge is 0.122 e. The van der Waals surface area contributed by atoms with E-state index in [9.17, 15) is 0 Å². The van der Waals surface area contributed by atoms with Gasteiger partial charge in [-0.15, -0.1) is 0 Å². The molecule has 41 heavy (non-hydrogen) atoms. The molecule has 7 rings (SSSR count). The van der Waals surface area contributed by atoms with Crippen molar-refractivity contribution < 1.29 is 4.74 Å². The Morgan fingerprint density at radius 2 is 1.22 bits per heavy atom. The van der Waals surface area contributed by atoms with Gasteiger partial charge in [0.1, 0.15) is 5.75 Å². The fourth-order valence-electron chi connectivity index (χ4n) is 6.73. The maximum atomic E-state index is 5.72. The SMILES string of the molecule is Cc1ccc(N(c2ccc(-c3ccc4c(c3)CCO4)cc2)C2CCC(c3cccc(-c4ccccc4)c3)CC2)cc1. The van der Waals surface area contributed by atoms with Gasteiger partial charge in [0.25, 0.3) is 0 Å². The summed E-state index contributed by atoms with van der Waals surface area (Å²) >= 11 is 0. The van der Waals surface area contributed by atoms with Gasteiger partial charge in [-0.1, -0.05) is 90.5 Å². The van der Waals surface area contributed by atoms with Crippen molar-refractivity contribution in [2.75, 3.05) is 11.5 Å². The minimum atomic E-state index is 0.481. The standard InChI is InChI=1S/C39H37NO/c1-28-10-17-36(18-11-28)40(38-21-14-31(15-22-38)34-16-23-39-35(27-34)24-25-41-39)37-19-12-30(13-20-37)33-9-5-8-32(26-33)29-6-3-2-4-7-29/h2-11,14-18,21-23,26-27,30,37H,12-13,19-20,24-25H2,1H3. The molecule has 2 heteroatoms. The van der Waals surface area contributed by atoms with E-state index in [1.54, 1.807) is 0 Å². The van der Waals surface area contributed by atoms with Crippen molar-refractivity contribution in [1.29, 1.82) is 0 Å². The summed E-state index contributed by atoms with van der Waals surface area (Å²) in [6, 6.07) is 45.3. The molecule has 1 aliphatic heterocycles. The molecule has 1 saturated carbocycles. The van der Waals surface area contributed by atoms with E-state index >= 15 is 0 Å². The van der Waals surface area contributed by atoms with Crippen molar-refractivity contribution in [3.63, 3.8) is 0 Å². The van der Waals surface area contributed by atoms with Crippen LogP contribution in [-0.4, -0.2) is 12.6 Å². The summed E-state index contributed by atoms with van der Waals surface area (Å²) in [7, 11) is 0. The first-order chi connectivity index (χ1) is 20.2. The van der Waals surface area contributed by atoms with Crippen LogP contribution in [0, 0.1) is 6.92 Å². The second kappa shape index (κ2) is 11.3. The molecule has 2 nitrogen and oxygen atoms in total. The lowest BCUT2D eigenvalue weighted by molar-refractivity contribution is 0.357. The van der Waals surface area contributed by atoms with Crippen LogP contribution in [0.5, 0.6) is 5.75 Å². The van der Waals surface area contributed by atoms with Crippen LogP contribution in [0.2, 0.25) is 0 Å². The molecule has 1 aliphatic carbocycles. The van der Waals surface area contributed by atoms with Crippen LogP contribution in [0.1, 0.15) is 48.3 Å². The van der Waals surface area contributed by atoms with Gasteiger partial charge in [-0.3, -0.25) is 0 Å². The van der Waals surface area contributed by atoms with Gasteiger partial charge in [-0.25, -0.2) is 0 Å². The molecule has 204 valence electrons. The summed E-state index contributed by atoms with van der Waals surface area (Å²) in [5.41, 5.74) is 11.8. The van der Waals surface area contributed by atoms with E-state index in [4.69, 9.17) is 4.74 Å². The third-order valence-electron chi connectivity index (χ3n) is 9.01. The quantitative estimate of drug-likeness (QED) is 0.214. The molecule has 5 aromatic rings. The highest BCUT2D eigenvalue weighted by molar-refractivity contribution is 5.72. The van der Waals surface area contributed by atoms with E-state index in [-0.39, 0.29) is 0 Å². The van der Waals surface area contributed by atoms with Gasteiger partial charge >= 0.3 is 0 Å². The van der Waals surface area contributed by atoms with Crippen molar-refractivity contribution in [1.82, 2.24) is 0 Å². The lowest BCUT2D eigenvalue weighted by Crippen LogP contribution is -2.34. The minimum Gasteiger partial charge on any atom is -0.493 e. The highest BCUT2D eigenvalue weighted by Gasteiger charge is 2.28. The maximum Gasteiger partial charge on any atom is 0.122 e. The third-order valence-corrected chi connectivity index (χ3v) is 9.01. The molecule has 0 saturated heterocycles. The summed E-state index contributed by atoms with van der Waals surface area (Å²) in [4.78, 5) is 2.59. The van der Waals surface area contributed by atoms with Crippen LogP contribution in [0.3, 0.4) is 0 Å². The molecule has 0 aromatic heterocycles. The largest absolute Gasteiger partial charge is 0.493 e. The van der Waals surface area contributed by atoms with Gasteiger partial charge in [0.05, 0.1) is 6.61 Å². The fraction of sp³-hybridized carbons (Fsp3) is 0.231. The van der Waals surface area contributed by atoms with Gasteiger partial charge in [0.2, 0.25) is 0 Å². The molecule has 0 spiro atoms. The van der Waals surface area contributed by atoms with Crippen LogP contribution in [0.15, 0.2) is 121 Å². The molecular formula is C39H37NO. The van der Waals surface area contributed by atoms with Gasteiger partial charge < -0.3 is 9.64 Å². The van der Waals surface area contributed by atoms with E-state index in [2.05, 4.69) is 133 Å². The van der Waals surface area contributed by atoms with Crippen molar-refractivity contribution in [2.24, 2.45) is 0 Å². The number of ether oxygens (including phenoxy) is 1. The minimum absolute atomic E-state index is 0.481. The maximum absolute atomic E-state index is 5.72. The zero-order chi connectivity index (χ0) is 27.6. The van der Waals surface area contributed by atoms with Crippen molar-refractivity contribution in [2.45, 2.75) is 51.0 Å². The second-order valence-corrected chi connectivity index (χ2v) is 11.7. The molecule has 2 aliphatic rings. The van der Waals surface area contributed by atoms with E-state index in [0.717, 1.165) is 18.8 Å². The van der Waals surface area contributed by atoms with E-state index in [1.165, 1.54) is 76.0 Å². The zero-order valence-corrected chi connectivity index (χ0v) is 23.8. The molecule has 0 N–H and O–H groups in total. The Balaban J connectivity index is 1.12. The lowest BCUT2D eigenvalue weighted by atomic mass is 9.80. The van der Waals surface area contributed by atoms with Crippen molar-refractivity contribution in [3.8, 4) is 28.0 Å². The number of hydrogen-bond acceptors (Lipinski definition) is 2. The number of benzene rings is 5. The molecule has 0 unspecified atom stereocenters. The number of aryl methyl sites for hydroxylation is 1. The summed E-state index contributed by atoms with van der Waals surface area (Å²) in [5, 5.41) is 0. The predicted molar refractivity (Wildman–Crippen MR) is 171 cm³/mol. The molecule has 1 fully saturated rings. The molecule has 1 heterocycles. The average Bonchev–Trinajstić information content (AvgIpc) is 3.52. The Labute approximate surface area is 244 Å². The summed E-state index contributed by atoms with van der Waals surface area (Å²) in [5.74, 6) is 1.65. The molecular weight excluding hydrogens is 498 g/mol. The zero-order valence-electron chi connectivity index (χ0n) is 23.8. The number of hydrogen-bond donors (Lipinski definition) is 0. The predicted octanol–water partition coefficient (Wildman–Crippen LogP) is 10.1. The van der Waals surface area contributed by atoms with Crippen LogP contribution in [0.4, 0.5) is 11.4 Å². The first-order valence-corrected chi connectivity index (χ1v) is 15.1. The van der Waals surface area contributed by atoms with Gasteiger partial charge in [0.15, 0.2) is 0 Å². The Hall–Kier alpha value is -4.30. The van der Waals surface area contributed by atoms with Crippen LogP contribution < -0.4 is 9.64 Å². The van der Waals surface area contributed by atoms with Crippen molar-refractivity contribution >= 4 is 11.4 Å². The number of rotatable bonds is 6. The number of fused-ring (bicyclic) bond motifs is 1. The summed E-state index contributed by atoms with van der Waals surface area (Å²) in [6.45, 7) is 2.96. The monoisotopic (exact) mass is 535 g/mol. The second-order valence-electron chi connectivity index (χ2n) is 11.7. The topological polar surface area (TPSA) is 12.5 Å². The van der Waals surface area contributed by atoms with Crippen LogP contribution >= 0.6 is 0 Å². The highest BCUT2D eigenvalue weighted by atomic mass is 16.5. The average molecular weight is 536 g/mol. The van der Waals surface area contributed by atoms with E-state index in [0.29, 0.717) is 12.0 Å². The van der Waals surface area contributed by atoms with Gasteiger partial charge in [0, 0.05) is 23.8 Å². The normalized spacial score (nSPS) is 18.0. The van der Waals surface area contributed by atoms with E-state index in [1.807, 2.05) is 0 Å². The molecule has 0 atom stereocenters. The van der Waals surface area contributed by atoms with Crippen molar-refractivity contribution in [3.05, 3.63) is 138 Å². The first-order valence-electron chi connectivity index (χ1n) is 15.1. The summed E-state index contributed by atoms with van der Waals surface area (Å²) in [6.07, 6.45) is 5.78. The summed E-state index contributed by atoms with van der Waals surface area (Å²) < 4.78 is 5.72.